The van der Waals surface area contributed by atoms with Gasteiger partial charge in [-0.05, 0) is 25.8 Å². The van der Waals surface area contributed by atoms with Gasteiger partial charge in [0.1, 0.15) is 18.0 Å². The molecule has 29 heavy (non-hydrogen) atoms. The van der Waals surface area contributed by atoms with Crippen LogP contribution in [0.15, 0.2) is 36.8 Å². The van der Waals surface area contributed by atoms with Crippen LogP contribution in [-0.2, 0) is 5.41 Å². The SMILES string of the molecule is C[C@@H](Nc1ncnc2cnc(C3(C(F)F)CC3)cc12)c1cccc(C(F)F)c1F. The number of halogens is 5. The van der Waals surface area contributed by atoms with Crippen LogP contribution in [0.1, 0.15) is 49.1 Å². The average molecular weight is 408 g/mol. The van der Waals surface area contributed by atoms with E-state index in [1.807, 2.05) is 0 Å². The largest absolute Gasteiger partial charge is 0.363 e. The summed E-state index contributed by atoms with van der Waals surface area (Å²) in [5, 5.41) is 3.45. The van der Waals surface area contributed by atoms with E-state index in [1.165, 1.54) is 30.7 Å². The van der Waals surface area contributed by atoms with Gasteiger partial charge in [0.05, 0.1) is 34.4 Å². The van der Waals surface area contributed by atoms with Crippen molar-refractivity contribution in [1.29, 1.82) is 0 Å². The van der Waals surface area contributed by atoms with E-state index in [0.29, 0.717) is 23.7 Å². The molecule has 0 spiro atoms. The highest BCUT2D eigenvalue weighted by molar-refractivity contribution is 5.88. The minimum Gasteiger partial charge on any atom is -0.363 e. The van der Waals surface area contributed by atoms with Crippen molar-refractivity contribution in [3.05, 3.63) is 59.4 Å². The number of hydrogen-bond acceptors (Lipinski definition) is 4. The first-order chi connectivity index (χ1) is 13.8. The van der Waals surface area contributed by atoms with Crippen LogP contribution in [0.4, 0.5) is 27.8 Å². The zero-order valence-corrected chi connectivity index (χ0v) is 15.3. The summed E-state index contributed by atoms with van der Waals surface area (Å²) in [4.78, 5) is 12.4. The smallest absolute Gasteiger partial charge is 0.266 e. The van der Waals surface area contributed by atoms with E-state index in [-0.39, 0.29) is 17.1 Å². The van der Waals surface area contributed by atoms with Crippen LogP contribution in [-0.4, -0.2) is 21.4 Å². The van der Waals surface area contributed by atoms with Crippen molar-refractivity contribution >= 4 is 16.7 Å². The molecule has 0 radical (unpaired) electrons. The number of pyridine rings is 1. The second-order valence-electron chi connectivity index (χ2n) is 7.18. The third-order valence-electron chi connectivity index (χ3n) is 5.35. The van der Waals surface area contributed by atoms with Gasteiger partial charge in [0, 0.05) is 10.9 Å². The molecule has 0 amide bonds. The summed E-state index contributed by atoms with van der Waals surface area (Å²) in [7, 11) is 0. The fraction of sp³-hybridized carbons (Fsp3) is 0.350. The van der Waals surface area contributed by atoms with E-state index in [1.54, 1.807) is 6.92 Å². The Morgan fingerprint density at radius 1 is 1.03 bits per heavy atom. The molecule has 9 heteroatoms. The quantitative estimate of drug-likeness (QED) is 0.542. The monoisotopic (exact) mass is 408 g/mol. The molecular formula is C20H17F5N4. The predicted molar refractivity (Wildman–Crippen MR) is 97.6 cm³/mol. The maximum atomic E-state index is 14.5. The Labute approximate surface area is 163 Å². The Kier molecular flexibility index (Phi) is 4.84. The molecule has 3 aromatic rings. The molecule has 4 nitrogen and oxygen atoms in total. The highest BCUT2D eigenvalue weighted by atomic mass is 19.3. The van der Waals surface area contributed by atoms with Crippen LogP contribution in [0.3, 0.4) is 0 Å². The first-order valence-electron chi connectivity index (χ1n) is 9.06. The molecule has 152 valence electrons. The summed E-state index contributed by atoms with van der Waals surface area (Å²) in [5.74, 6) is -0.698. The Hall–Kier alpha value is -2.84. The lowest BCUT2D eigenvalue weighted by Gasteiger charge is -2.19. The predicted octanol–water partition coefficient (Wildman–Crippen LogP) is 5.57. The molecular weight excluding hydrogens is 391 g/mol. The number of aromatic nitrogens is 3. The molecule has 0 saturated heterocycles. The first-order valence-corrected chi connectivity index (χ1v) is 9.06. The molecule has 1 fully saturated rings. The molecule has 1 atom stereocenters. The zero-order valence-electron chi connectivity index (χ0n) is 15.3. The number of anilines is 1. The Morgan fingerprint density at radius 2 is 1.76 bits per heavy atom. The summed E-state index contributed by atoms with van der Waals surface area (Å²) in [5.41, 5.74) is -1.18. The molecule has 1 N–H and O–H groups in total. The number of nitrogens with one attached hydrogen (secondary N) is 1. The van der Waals surface area contributed by atoms with Gasteiger partial charge in [-0.3, -0.25) is 4.98 Å². The minimum absolute atomic E-state index is 0.0510. The number of rotatable bonds is 6. The lowest BCUT2D eigenvalue weighted by atomic mass is 10.0. The van der Waals surface area contributed by atoms with Gasteiger partial charge in [-0.25, -0.2) is 31.9 Å². The third kappa shape index (κ3) is 3.38. The van der Waals surface area contributed by atoms with E-state index in [0.717, 1.165) is 6.07 Å². The van der Waals surface area contributed by atoms with Gasteiger partial charge in [-0.15, -0.1) is 0 Å². The van der Waals surface area contributed by atoms with E-state index in [2.05, 4.69) is 20.3 Å². The van der Waals surface area contributed by atoms with E-state index in [9.17, 15) is 22.0 Å². The molecule has 0 unspecified atom stereocenters. The summed E-state index contributed by atoms with van der Waals surface area (Å²) >= 11 is 0. The molecule has 0 aliphatic heterocycles. The third-order valence-corrected chi connectivity index (χ3v) is 5.35. The van der Waals surface area contributed by atoms with Gasteiger partial charge in [0.2, 0.25) is 6.43 Å². The lowest BCUT2D eigenvalue weighted by Crippen LogP contribution is -2.19. The second kappa shape index (κ2) is 7.20. The van der Waals surface area contributed by atoms with Gasteiger partial charge in [-0.1, -0.05) is 18.2 Å². The normalized spacial score (nSPS) is 16.4. The molecule has 0 bridgehead atoms. The maximum absolute atomic E-state index is 14.5. The van der Waals surface area contributed by atoms with Crippen LogP contribution in [0, 0.1) is 5.82 Å². The van der Waals surface area contributed by atoms with Crippen LogP contribution >= 0.6 is 0 Å². The summed E-state index contributed by atoms with van der Waals surface area (Å²) in [6.45, 7) is 1.60. The highest BCUT2D eigenvalue weighted by Crippen LogP contribution is 2.52. The standard InChI is InChI=1S/C20H17F5N4/c1-10(11-3-2-4-12(16(11)21)17(22)23)29-18-13-7-15(20(5-6-20)19(24)25)26-8-14(13)27-9-28-18/h2-4,7-10,17,19H,5-6H2,1H3,(H,27,28,29)/t10-/m1/s1. The second-order valence-corrected chi connectivity index (χ2v) is 7.18. The van der Waals surface area contributed by atoms with Crippen LogP contribution in [0.5, 0.6) is 0 Å². The fourth-order valence-corrected chi connectivity index (χ4v) is 3.42. The molecule has 1 aliphatic rings. The van der Waals surface area contributed by atoms with E-state index in [4.69, 9.17) is 0 Å². The number of nitrogens with zero attached hydrogens (tertiary/aromatic N) is 3. The van der Waals surface area contributed by atoms with Crippen molar-refractivity contribution in [2.75, 3.05) is 5.32 Å². The van der Waals surface area contributed by atoms with Crippen LogP contribution in [0.2, 0.25) is 0 Å². The van der Waals surface area contributed by atoms with Crippen molar-refractivity contribution < 1.29 is 22.0 Å². The number of hydrogen-bond donors (Lipinski definition) is 1. The Balaban J connectivity index is 1.70. The van der Waals surface area contributed by atoms with Gasteiger partial charge in [-0.2, -0.15) is 0 Å². The Bertz CT molecular complexity index is 1050. The van der Waals surface area contributed by atoms with Gasteiger partial charge >= 0.3 is 0 Å². The van der Waals surface area contributed by atoms with Gasteiger partial charge in [0.15, 0.2) is 0 Å². The van der Waals surface area contributed by atoms with Crippen LogP contribution < -0.4 is 5.32 Å². The molecule has 2 heterocycles. The summed E-state index contributed by atoms with van der Waals surface area (Å²) in [6.07, 6.45) is -2.09. The lowest BCUT2D eigenvalue weighted by molar-refractivity contribution is 0.0999. The van der Waals surface area contributed by atoms with Crippen molar-refractivity contribution in [2.45, 2.75) is 44.1 Å². The summed E-state index contributed by atoms with van der Waals surface area (Å²) < 4.78 is 67.3. The molecule has 2 aromatic heterocycles. The molecule has 1 aromatic carbocycles. The average Bonchev–Trinajstić information content (AvgIpc) is 3.50. The van der Waals surface area contributed by atoms with E-state index >= 15 is 0 Å². The van der Waals surface area contributed by atoms with Gasteiger partial charge < -0.3 is 5.32 Å². The van der Waals surface area contributed by atoms with Crippen molar-refractivity contribution in [2.24, 2.45) is 0 Å². The summed E-state index contributed by atoms with van der Waals surface area (Å²) in [6, 6.07) is 4.62. The maximum Gasteiger partial charge on any atom is 0.266 e. The molecule has 1 aliphatic carbocycles. The topological polar surface area (TPSA) is 50.7 Å². The number of alkyl halides is 4. The minimum atomic E-state index is -2.93. The van der Waals surface area contributed by atoms with E-state index < -0.39 is 35.7 Å². The molecule has 4 rings (SSSR count). The van der Waals surface area contributed by atoms with Crippen LogP contribution in [0.25, 0.3) is 10.9 Å². The number of fused-ring (bicyclic) bond motifs is 1. The Morgan fingerprint density at radius 3 is 2.41 bits per heavy atom. The van der Waals surface area contributed by atoms with Crippen molar-refractivity contribution in [1.82, 2.24) is 15.0 Å². The highest BCUT2D eigenvalue weighted by Gasteiger charge is 2.53. The van der Waals surface area contributed by atoms with Gasteiger partial charge in [0.25, 0.3) is 6.43 Å². The zero-order chi connectivity index (χ0) is 20.8. The fourth-order valence-electron chi connectivity index (χ4n) is 3.42. The van der Waals surface area contributed by atoms with Crippen molar-refractivity contribution in [3.63, 3.8) is 0 Å². The molecule has 1 saturated carbocycles. The first kappa shape index (κ1) is 19.5. The van der Waals surface area contributed by atoms with Crippen molar-refractivity contribution in [3.8, 4) is 0 Å². The number of benzene rings is 1.